The van der Waals surface area contributed by atoms with Crippen LogP contribution in [0.1, 0.15) is 29.4 Å². The van der Waals surface area contributed by atoms with Gasteiger partial charge in [-0.15, -0.1) is 0 Å². The molecule has 4 nitrogen and oxygen atoms in total. The van der Waals surface area contributed by atoms with Crippen LogP contribution in [-0.2, 0) is 6.42 Å². The molecule has 3 N–H and O–H groups in total. The normalized spacial score (nSPS) is 10.2. The number of para-hydroxylation sites is 1. The van der Waals surface area contributed by atoms with Crippen molar-refractivity contribution in [3.63, 3.8) is 0 Å². The van der Waals surface area contributed by atoms with Gasteiger partial charge in [0, 0.05) is 11.9 Å². The highest BCUT2D eigenvalue weighted by atomic mass is 16.1. The van der Waals surface area contributed by atoms with Gasteiger partial charge in [0.2, 0.25) is 0 Å². The minimum absolute atomic E-state index is 0.258. The molecule has 1 heterocycles. The highest BCUT2D eigenvalue weighted by molar-refractivity contribution is 6.06. The number of amides is 1. The summed E-state index contributed by atoms with van der Waals surface area (Å²) in [6, 6.07) is 11.1. The van der Waals surface area contributed by atoms with E-state index in [1.165, 1.54) is 0 Å². The highest BCUT2D eigenvalue weighted by Gasteiger charge is 2.12. The summed E-state index contributed by atoms with van der Waals surface area (Å²) >= 11 is 0. The molecule has 0 fully saturated rings. The Morgan fingerprint density at radius 3 is 2.79 bits per heavy atom. The molecule has 98 valence electrons. The lowest BCUT2D eigenvalue weighted by Crippen LogP contribution is -2.16. The van der Waals surface area contributed by atoms with Crippen LogP contribution in [0, 0.1) is 0 Å². The molecule has 0 radical (unpaired) electrons. The Kier molecular flexibility index (Phi) is 4.13. The molecule has 0 spiro atoms. The summed E-state index contributed by atoms with van der Waals surface area (Å²) in [6.07, 6.45) is 3.51. The third-order valence-electron chi connectivity index (χ3n) is 2.84. The fraction of sp³-hybridized carbons (Fsp3) is 0.200. The molecule has 0 aliphatic rings. The van der Waals surface area contributed by atoms with Crippen LogP contribution in [0.2, 0.25) is 0 Å². The van der Waals surface area contributed by atoms with Crippen molar-refractivity contribution in [3.8, 4) is 0 Å². The van der Waals surface area contributed by atoms with Crippen molar-refractivity contribution < 1.29 is 4.79 Å². The molecule has 1 aromatic heterocycles. The molecule has 19 heavy (non-hydrogen) atoms. The molecular formula is C15H17N3O. The summed E-state index contributed by atoms with van der Waals surface area (Å²) in [4.78, 5) is 16.2. The van der Waals surface area contributed by atoms with Gasteiger partial charge in [-0.05, 0) is 30.2 Å². The van der Waals surface area contributed by atoms with E-state index in [2.05, 4.69) is 17.2 Å². The van der Waals surface area contributed by atoms with Crippen LogP contribution in [-0.4, -0.2) is 10.9 Å². The fourth-order valence-corrected chi connectivity index (χ4v) is 1.92. The van der Waals surface area contributed by atoms with Crippen LogP contribution in [0.25, 0.3) is 0 Å². The van der Waals surface area contributed by atoms with Crippen LogP contribution in [0.4, 0.5) is 11.4 Å². The average Bonchev–Trinajstić information content (AvgIpc) is 2.41. The van der Waals surface area contributed by atoms with E-state index in [0.717, 1.165) is 24.1 Å². The number of rotatable bonds is 4. The van der Waals surface area contributed by atoms with Gasteiger partial charge in [0.15, 0.2) is 5.69 Å². The summed E-state index contributed by atoms with van der Waals surface area (Å²) in [5.74, 6) is -0.276. The number of anilines is 2. The van der Waals surface area contributed by atoms with Crippen molar-refractivity contribution in [2.75, 3.05) is 11.1 Å². The second-order valence-electron chi connectivity index (χ2n) is 4.30. The molecule has 0 bridgehead atoms. The highest BCUT2D eigenvalue weighted by Crippen LogP contribution is 2.18. The fourth-order valence-electron chi connectivity index (χ4n) is 1.92. The first kappa shape index (κ1) is 13.1. The Morgan fingerprint density at radius 1 is 1.26 bits per heavy atom. The molecule has 0 aliphatic heterocycles. The predicted molar refractivity (Wildman–Crippen MR) is 77.0 cm³/mol. The maximum Gasteiger partial charge on any atom is 0.276 e. The van der Waals surface area contributed by atoms with E-state index in [1.807, 2.05) is 24.3 Å². The number of nitrogen functional groups attached to an aromatic ring is 1. The number of nitrogens with zero attached hydrogens (tertiary/aromatic N) is 1. The summed E-state index contributed by atoms with van der Waals surface area (Å²) in [6.45, 7) is 2.11. The maximum absolute atomic E-state index is 12.1. The smallest absolute Gasteiger partial charge is 0.276 e. The van der Waals surface area contributed by atoms with Gasteiger partial charge in [-0.3, -0.25) is 4.79 Å². The Bertz CT molecular complexity index is 581. The van der Waals surface area contributed by atoms with E-state index in [9.17, 15) is 4.79 Å². The average molecular weight is 255 g/mol. The van der Waals surface area contributed by atoms with E-state index in [0.29, 0.717) is 5.69 Å². The van der Waals surface area contributed by atoms with Gasteiger partial charge in [0.05, 0.1) is 5.69 Å². The zero-order valence-corrected chi connectivity index (χ0v) is 10.9. The molecule has 2 aromatic rings. The summed E-state index contributed by atoms with van der Waals surface area (Å²) in [7, 11) is 0. The van der Waals surface area contributed by atoms with Gasteiger partial charge < -0.3 is 11.1 Å². The first-order chi connectivity index (χ1) is 9.22. The number of carbonyl (C=O) groups excluding carboxylic acids is 1. The largest absolute Gasteiger partial charge is 0.397 e. The molecule has 1 amide bonds. The van der Waals surface area contributed by atoms with Crippen molar-refractivity contribution in [3.05, 3.63) is 53.9 Å². The number of benzene rings is 1. The zero-order valence-electron chi connectivity index (χ0n) is 10.9. The lowest BCUT2D eigenvalue weighted by atomic mass is 10.1. The van der Waals surface area contributed by atoms with Crippen LogP contribution >= 0.6 is 0 Å². The quantitative estimate of drug-likeness (QED) is 0.882. The Balaban J connectivity index is 2.22. The summed E-state index contributed by atoms with van der Waals surface area (Å²) < 4.78 is 0. The molecular weight excluding hydrogens is 238 g/mol. The van der Waals surface area contributed by atoms with Gasteiger partial charge in [-0.2, -0.15) is 0 Å². The first-order valence-electron chi connectivity index (χ1n) is 6.32. The van der Waals surface area contributed by atoms with Crippen LogP contribution in [0.15, 0.2) is 42.6 Å². The third-order valence-corrected chi connectivity index (χ3v) is 2.84. The minimum atomic E-state index is -0.276. The van der Waals surface area contributed by atoms with Crippen LogP contribution in [0.5, 0.6) is 0 Å². The van der Waals surface area contributed by atoms with Gasteiger partial charge in [-0.25, -0.2) is 4.98 Å². The number of nitrogens with one attached hydrogen (secondary N) is 1. The Labute approximate surface area is 112 Å². The number of hydrogen-bond acceptors (Lipinski definition) is 3. The minimum Gasteiger partial charge on any atom is -0.397 e. The monoisotopic (exact) mass is 255 g/mol. The number of carbonyl (C=O) groups is 1. The van der Waals surface area contributed by atoms with Crippen molar-refractivity contribution in [1.29, 1.82) is 0 Å². The second-order valence-corrected chi connectivity index (χ2v) is 4.30. The van der Waals surface area contributed by atoms with Gasteiger partial charge in [0.25, 0.3) is 5.91 Å². The zero-order chi connectivity index (χ0) is 13.7. The van der Waals surface area contributed by atoms with Crippen LogP contribution < -0.4 is 11.1 Å². The molecule has 0 saturated heterocycles. The molecule has 2 rings (SSSR count). The number of aromatic nitrogens is 1. The number of nitrogens with two attached hydrogens (primary N) is 1. The summed E-state index contributed by atoms with van der Waals surface area (Å²) in [5.41, 5.74) is 8.33. The number of pyridine rings is 1. The lowest BCUT2D eigenvalue weighted by Gasteiger charge is -2.10. The molecule has 4 heteroatoms. The molecule has 1 aromatic carbocycles. The van der Waals surface area contributed by atoms with E-state index in [1.54, 1.807) is 18.3 Å². The predicted octanol–water partition coefficient (Wildman–Crippen LogP) is 2.87. The third kappa shape index (κ3) is 3.10. The van der Waals surface area contributed by atoms with Gasteiger partial charge in [-0.1, -0.05) is 31.5 Å². The molecule has 0 atom stereocenters. The lowest BCUT2D eigenvalue weighted by molar-refractivity contribution is 0.102. The SMILES string of the molecule is CCCc1ccccc1NC(=O)c1ncccc1N. The van der Waals surface area contributed by atoms with Crippen molar-refractivity contribution in [2.24, 2.45) is 0 Å². The van der Waals surface area contributed by atoms with Crippen molar-refractivity contribution in [1.82, 2.24) is 4.98 Å². The van der Waals surface area contributed by atoms with Crippen molar-refractivity contribution in [2.45, 2.75) is 19.8 Å². The summed E-state index contributed by atoms with van der Waals surface area (Å²) in [5, 5.41) is 2.87. The second kappa shape index (κ2) is 6.00. The Hall–Kier alpha value is -2.36. The van der Waals surface area contributed by atoms with E-state index in [-0.39, 0.29) is 11.6 Å². The Morgan fingerprint density at radius 2 is 2.05 bits per heavy atom. The van der Waals surface area contributed by atoms with Gasteiger partial charge >= 0.3 is 0 Å². The maximum atomic E-state index is 12.1. The van der Waals surface area contributed by atoms with Crippen molar-refractivity contribution >= 4 is 17.3 Å². The topological polar surface area (TPSA) is 68.0 Å². The number of hydrogen-bond donors (Lipinski definition) is 2. The van der Waals surface area contributed by atoms with E-state index in [4.69, 9.17) is 5.73 Å². The standard InChI is InChI=1S/C15H17N3O/c1-2-6-11-7-3-4-9-13(11)18-15(19)14-12(16)8-5-10-17-14/h3-5,7-10H,2,6,16H2,1H3,(H,18,19). The number of aryl methyl sites for hydroxylation is 1. The first-order valence-corrected chi connectivity index (χ1v) is 6.32. The van der Waals surface area contributed by atoms with E-state index >= 15 is 0 Å². The van der Waals surface area contributed by atoms with E-state index < -0.39 is 0 Å². The van der Waals surface area contributed by atoms with Crippen LogP contribution in [0.3, 0.4) is 0 Å². The molecule has 0 aliphatic carbocycles. The molecule has 0 unspecified atom stereocenters. The van der Waals surface area contributed by atoms with Gasteiger partial charge in [0.1, 0.15) is 0 Å². The molecule has 0 saturated carbocycles.